The molecule has 1 aromatic heterocycles. The van der Waals surface area contributed by atoms with Crippen molar-refractivity contribution in [3.63, 3.8) is 0 Å². The van der Waals surface area contributed by atoms with Crippen molar-refractivity contribution in [3.8, 4) is 0 Å². The van der Waals surface area contributed by atoms with E-state index in [0.717, 1.165) is 10.5 Å². The largest absolute Gasteiger partial charge is 0.329 e. The summed E-state index contributed by atoms with van der Waals surface area (Å²) in [6.07, 6.45) is 1.70. The number of pyridine rings is 1. The molecule has 9 heteroatoms. The van der Waals surface area contributed by atoms with Crippen LogP contribution in [0.1, 0.15) is 28.5 Å². The van der Waals surface area contributed by atoms with Crippen LogP contribution in [0, 0.1) is 12.7 Å². The quantitative estimate of drug-likeness (QED) is 0.542. The highest BCUT2D eigenvalue weighted by atomic mass is 35.5. The van der Waals surface area contributed by atoms with Crippen LogP contribution in [0.4, 0.5) is 20.6 Å². The van der Waals surface area contributed by atoms with Gasteiger partial charge in [0.25, 0.3) is 11.8 Å². The average molecular weight is 467 g/mol. The number of nitrogens with one attached hydrogen (secondary N) is 2. The second-order valence-electron chi connectivity index (χ2n) is 8.03. The highest BCUT2D eigenvalue weighted by molar-refractivity contribution is 6.36. The molecular formula is C24H20ClFN4O3. The second-order valence-corrected chi connectivity index (χ2v) is 8.44. The zero-order valence-corrected chi connectivity index (χ0v) is 18.6. The molecular weight excluding hydrogens is 447 g/mol. The maximum Gasteiger partial charge on any atom is 0.329 e. The Kier molecular flexibility index (Phi) is 5.86. The number of aryl methyl sites for hydroxylation is 1. The van der Waals surface area contributed by atoms with E-state index in [1.165, 1.54) is 30.5 Å². The molecule has 4 rings (SSSR count). The second kappa shape index (κ2) is 8.63. The maximum atomic E-state index is 14.0. The van der Waals surface area contributed by atoms with E-state index in [0.29, 0.717) is 12.0 Å². The van der Waals surface area contributed by atoms with Gasteiger partial charge in [-0.1, -0.05) is 41.9 Å². The summed E-state index contributed by atoms with van der Waals surface area (Å²) in [7, 11) is 0. The van der Waals surface area contributed by atoms with Gasteiger partial charge in [0.2, 0.25) is 0 Å². The van der Waals surface area contributed by atoms with Gasteiger partial charge in [-0.15, -0.1) is 0 Å². The summed E-state index contributed by atoms with van der Waals surface area (Å²) in [6, 6.07) is 14.3. The molecule has 1 aliphatic rings. The Hall–Kier alpha value is -3.78. The number of urea groups is 1. The van der Waals surface area contributed by atoms with Crippen LogP contribution in [0.5, 0.6) is 0 Å². The molecule has 0 radical (unpaired) electrons. The molecule has 0 bridgehead atoms. The zero-order valence-electron chi connectivity index (χ0n) is 17.9. The molecule has 3 aromatic rings. The topological polar surface area (TPSA) is 91.4 Å². The molecule has 33 heavy (non-hydrogen) atoms. The standard InChI is InChI=1S/C24H20ClFN4O3/c1-14-10-18(26)20(27-13-14)21(31)28-16-8-9-19(17(25)11-16)30-22(32)24(2,29-23(30)33)12-15-6-4-3-5-7-15/h3-11,13H,12H2,1-2H3,(H,28,31)(H,29,33)/t24-/m0/s1. The predicted octanol–water partition coefficient (Wildman–Crippen LogP) is 4.49. The number of nitrogens with zero attached hydrogens (tertiary/aromatic N) is 2. The van der Waals surface area contributed by atoms with Crippen LogP contribution in [0.15, 0.2) is 60.8 Å². The molecule has 2 N–H and O–H groups in total. The molecule has 168 valence electrons. The Balaban J connectivity index is 1.54. The number of anilines is 2. The fourth-order valence-electron chi connectivity index (χ4n) is 3.68. The van der Waals surface area contributed by atoms with Gasteiger partial charge >= 0.3 is 6.03 Å². The molecule has 1 fully saturated rings. The lowest BCUT2D eigenvalue weighted by molar-refractivity contribution is -0.121. The van der Waals surface area contributed by atoms with Gasteiger partial charge in [-0.25, -0.2) is 19.1 Å². The first-order chi connectivity index (χ1) is 15.7. The minimum Gasteiger partial charge on any atom is -0.323 e. The van der Waals surface area contributed by atoms with Crippen LogP contribution in [0.2, 0.25) is 5.02 Å². The van der Waals surface area contributed by atoms with Crippen molar-refractivity contribution in [1.82, 2.24) is 10.3 Å². The fraction of sp³-hybridized carbons (Fsp3) is 0.167. The van der Waals surface area contributed by atoms with E-state index in [2.05, 4.69) is 15.6 Å². The first-order valence-corrected chi connectivity index (χ1v) is 10.5. The number of amides is 4. The number of hydrogen-bond donors (Lipinski definition) is 2. The molecule has 1 atom stereocenters. The molecule has 1 saturated heterocycles. The van der Waals surface area contributed by atoms with Gasteiger partial charge in [-0.2, -0.15) is 0 Å². The molecule has 0 aliphatic carbocycles. The van der Waals surface area contributed by atoms with Crippen LogP contribution in [0.25, 0.3) is 0 Å². The van der Waals surface area contributed by atoms with Gasteiger partial charge in [0.1, 0.15) is 5.54 Å². The molecule has 0 spiro atoms. The number of aromatic nitrogens is 1. The third kappa shape index (κ3) is 4.42. The summed E-state index contributed by atoms with van der Waals surface area (Å²) < 4.78 is 14.0. The molecule has 4 amide bonds. The van der Waals surface area contributed by atoms with Crippen molar-refractivity contribution in [3.05, 3.63) is 88.5 Å². The van der Waals surface area contributed by atoms with Crippen molar-refractivity contribution >= 4 is 40.8 Å². The predicted molar refractivity (Wildman–Crippen MR) is 123 cm³/mol. The summed E-state index contributed by atoms with van der Waals surface area (Å²) >= 11 is 6.36. The summed E-state index contributed by atoms with van der Waals surface area (Å²) in [5, 5.41) is 5.33. The van der Waals surface area contributed by atoms with E-state index >= 15 is 0 Å². The molecule has 2 heterocycles. The Morgan fingerprint density at radius 2 is 1.91 bits per heavy atom. The SMILES string of the molecule is Cc1cnc(C(=O)Nc2ccc(N3C(=O)N[C@@](C)(Cc4ccccc4)C3=O)c(Cl)c2)c(F)c1. The maximum absolute atomic E-state index is 14.0. The zero-order chi connectivity index (χ0) is 23.8. The van der Waals surface area contributed by atoms with E-state index in [4.69, 9.17) is 11.6 Å². The number of carbonyl (C=O) groups excluding carboxylic acids is 3. The summed E-state index contributed by atoms with van der Waals surface area (Å²) in [5.74, 6) is -1.94. The van der Waals surface area contributed by atoms with E-state index in [-0.39, 0.29) is 22.1 Å². The molecule has 7 nitrogen and oxygen atoms in total. The van der Waals surface area contributed by atoms with Crippen molar-refractivity contribution in [2.24, 2.45) is 0 Å². The number of hydrogen-bond acceptors (Lipinski definition) is 4. The average Bonchev–Trinajstić information content (AvgIpc) is 2.97. The van der Waals surface area contributed by atoms with Crippen molar-refractivity contribution in [2.75, 3.05) is 10.2 Å². The Bertz CT molecular complexity index is 1270. The first kappa shape index (κ1) is 22.4. The van der Waals surface area contributed by atoms with Crippen LogP contribution in [-0.4, -0.2) is 28.4 Å². The lowest BCUT2D eigenvalue weighted by Gasteiger charge is -2.22. The van der Waals surface area contributed by atoms with Gasteiger partial charge < -0.3 is 10.6 Å². The van der Waals surface area contributed by atoms with Crippen molar-refractivity contribution < 1.29 is 18.8 Å². The summed E-state index contributed by atoms with van der Waals surface area (Å²) in [5.41, 5.74) is 0.430. The van der Waals surface area contributed by atoms with Crippen LogP contribution >= 0.6 is 11.6 Å². The monoisotopic (exact) mass is 466 g/mol. The summed E-state index contributed by atoms with van der Waals surface area (Å²) in [6.45, 7) is 3.32. The van der Waals surface area contributed by atoms with Crippen LogP contribution in [-0.2, 0) is 11.2 Å². The molecule has 1 aliphatic heterocycles. The normalized spacial score (nSPS) is 17.8. The first-order valence-electron chi connectivity index (χ1n) is 10.1. The number of rotatable bonds is 5. The Morgan fingerprint density at radius 3 is 2.58 bits per heavy atom. The van der Waals surface area contributed by atoms with Gasteiger partial charge in [0, 0.05) is 18.3 Å². The number of halogens is 2. The van der Waals surface area contributed by atoms with Gasteiger partial charge in [-0.3, -0.25) is 9.59 Å². The summed E-state index contributed by atoms with van der Waals surface area (Å²) in [4.78, 5) is 43.0. The highest BCUT2D eigenvalue weighted by Gasteiger charge is 2.48. The van der Waals surface area contributed by atoms with E-state index in [1.54, 1.807) is 13.8 Å². The third-order valence-electron chi connectivity index (χ3n) is 5.30. The van der Waals surface area contributed by atoms with Gasteiger partial charge in [0.15, 0.2) is 11.5 Å². The van der Waals surface area contributed by atoms with E-state index in [1.807, 2.05) is 30.3 Å². The smallest absolute Gasteiger partial charge is 0.323 e. The lowest BCUT2D eigenvalue weighted by Crippen LogP contribution is -2.46. The van der Waals surface area contributed by atoms with Crippen LogP contribution < -0.4 is 15.5 Å². The van der Waals surface area contributed by atoms with Gasteiger partial charge in [0.05, 0.1) is 10.7 Å². The Labute approximate surface area is 194 Å². The highest BCUT2D eigenvalue weighted by Crippen LogP contribution is 2.34. The van der Waals surface area contributed by atoms with E-state index < -0.39 is 29.2 Å². The Morgan fingerprint density at radius 1 is 1.18 bits per heavy atom. The van der Waals surface area contributed by atoms with Crippen molar-refractivity contribution in [1.29, 1.82) is 0 Å². The molecule has 0 unspecified atom stereocenters. The molecule has 0 saturated carbocycles. The number of imide groups is 1. The fourth-order valence-corrected chi connectivity index (χ4v) is 3.95. The van der Waals surface area contributed by atoms with Crippen molar-refractivity contribution in [2.45, 2.75) is 25.8 Å². The van der Waals surface area contributed by atoms with Gasteiger partial charge in [-0.05, 0) is 49.2 Å². The third-order valence-corrected chi connectivity index (χ3v) is 5.60. The minimum absolute atomic E-state index is 0.0672. The number of carbonyl (C=O) groups is 3. The molecule has 2 aromatic carbocycles. The lowest BCUT2D eigenvalue weighted by atomic mass is 9.93. The van der Waals surface area contributed by atoms with Crippen LogP contribution in [0.3, 0.4) is 0 Å². The minimum atomic E-state index is -1.14. The number of benzene rings is 2. The van der Waals surface area contributed by atoms with E-state index in [9.17, 15) is 18.8 Å².